The molecule has 1 N–H and O–H groups in total. The van der Waals surface area contributed by atoms with Crippen LogP contribution in [0.15, 0.2) is 42.5 Å². The van der Waals surface area contributed by atoms with E-state index in [4.69, 9.17) is 23.2 Å². The molecule has 0 aromatic heterocycles. The maximum atomic E-state index is 13.2. The van der Waals surface area contributed by atoms with Crippen LogP contribution in [-0.2, 0) is 21.5 Å². The summed E-state index contributed by atoms with van der Waals surface area (Å²) in [5.74, 6) is -1.14. The SMILES string of the molecule is O=C(CN1CCCN(Cc2ccccc2Cl)S1(=O)=O)Nc1ccc(F)c(Cl)c1. The molecule has 0 saturated carbocycles. The summed E-state index contributed by atoms with van der Waals surface area (Å²) in [7, 11) is -3.82. The van der Waals surface area contributed by atoms with Gasteiger partial charge in [0.1, 0.15) is 5.82 Å². The summed E-state index contributed by atoms with van der Waals surface area (Å²) in [5.41, 5.74) is 0.985. The normalized spacial score (nSPS) is 17.4. The zero-order chi connectivity index (χ0) is 20.3. The van der Waals surface area contributed by atoms with E-state index in [-0.39, 0.29) is 24.7 Å². The lowest BCUT2D eigenvalue weighted by Crippen LogP contribution is -2.51. The van der Waals surface area contributed by atoms with Crippen molar-refractivity contribution in [1.82, 2.24) is 8.61 Å². The van der Waals surface area contributed by atoms with Gasteiger partial charge in [0.25, 0.3) is 10.2 Å². The molecule has 0 atom stereocenters. The van der Waals surface area contributed by atoms with Gasteiger partial charge in [0.15, 0.2) is 0 Å². The second-order valence-corrected chi connectivity index (χ2v) is 9.04. The number of carbonyl (C=O) groups excluding carboxylic acids is 1. The van der Waals surface area contributed by atoms with E-state index in [0.717, 1.165) is 10.4 Å². The second kappa shape index (κ2) is 8.75. The fourth-order valence-corrected chi connectivity index (χ4v) is 4.89. The van der Waals surface area contributed by atoms with Crippen LogP contribution in [0.4, 0.5) is 10.1 Å². The number of anilines is 1. The molecule has 10 heteroatoms. The Morgan fingerprint density at radius 2 is 1.79 bits per heavy atom. The maximum absolute atomic E-state index is 13.2. The van der Waals surface area contributed by atoms with Gasteiger partial charge in [0.05, 0.1) is 11.6 Å². The van der Waals surface area contributed by atoms with Gasteiger partial charge in [-0.15, -0.1) is 0 Å². The molecule has 1 saturated heterocycles. The Morgan fingerprint density at radius 1 is 1.07 bits per heavy atom. The molecule has 0 unspecified atom stereocenters. The van der Waals surface area contributed by atoms with E-state index in [2.05, 4.69) is 5.32 Å². The van der Waals surface area contributed by atoms with Crippen molar-refractivity contribution in [2.75, 3.05) is 25.0 Å². The van der Waals surface area contributed by atoms with Crippen LogP contribution in [0.5, 0.6) is 0 Å². The average molecular weight is 446 g/mol. The Hall–Kier alpha value is -1.71. The molecule has 150 valence electrons. The quantitative estimate of drug-likeness (QED) is 0.764. The van der Waals surface area contributed by atoms with Gasteiger partial charge >= 0.3 is 0 Å². The van der Waals surface area contributed by atoms with Crippen LogP contribution in [0.25, 0.3) is 0 Å². The summed E-state index contributed by atoms with van der Waals surface area (Å²) in [6.07, 6.45) is 0.583. The maximum Gasteiger partial charge on any atom is 0.282 e. The molecule has 0 radical (unpaired) electrons. The van der Waals surface area contributed by atoms with Crippen molar-refractivity contribution in [2.24, 2.45) is 0 Å². The number of benzene rings is 2. The predicted octanol–water partition coefficient (Wildman–Crippen LogP) is 3.52. The lowest BCUT2D eigenvalue weighted by molar-refractivity contribution is -0.116. The predicted molar refractivity (Wildman–Crippen MR) is 107 cm³/mol. The van der Waals surface area contributed by atoms with Crippen molar-refractivity contribution >= 4 is 45.0 Å². The van der Waals surface area contributed by atoms with Crippen LogP contribution in [-0.4, -0.2) is 42.6 Å². The Morgan fingerprint density at radius 3 is 2.50 bits per heavy atom. The van der Waals surface area contributed by atoms with Crippen LogP contribution >= 0.6 is 23.2 Å². The molecule has 1 heterocycles. The minimum absolute atomic E-state index is 0.130. The number of amides is 1. The molecule has 1 fully saturated rings. The summed E-state index contributed by atoms with van der Waals surface area (Å²) >= 11 is 11.8. The molecule has 28 heavy (non-hydrogen) atoms. The third-order valence-corrected chi connectivity index (χ3v) is 6.88. The van der Waals surface area contributed by atoms with E-state index >= 15 is 0 Å². The molecule has 3 rings (SSSR count). The van der Waals surface area contributed by atoms with E-state index in [1.165, 1.54) is 16.4 Å². The number of hydrogen-bond donors (Lipinski definition) is 1. The molecule has 1 aliphatic heterocycles. The third kappa shape index (κ3) is 4.82. The van der Waals surface area contributed by atoms with Crippen molar-refractivity contribution in [1.29, 1.82) is 0 Å². The highest BCUT2D eigenvalue weighted by atomic mass is 35.5. The summed E-state index contributed by atoms with van der Waals surface area (Å²) in [6, 6.07) is 10.8. The Balaban J connectivity index is 1.68. The standard InChI is InChI=1S/C18H18Cl2FN3O3S/c19-15-5-2-1-4-13(15)11-23-8-3-9-24(28(23,26)27)12-18(25)22-14-6-7-17(21)16(20)10-14/h1-2,4-7,10H,3,8-9,11-12H2,(H,22,25). The largest absolute Gasteiger partial charge is 0.325 e. The third-order valence-electron chi connectivity index (χ3n) is 4.30. The molecule has 0 spiro atoms. The minimum Gasteiger partial charge on any atom is -0.325 e. The monoisotopic (exact) mass is 445 g/mol. The highest BCUT2D eigenvalue weighted by Gasteiger charge is 2.35. The van der Waals surface area contributed by atoms with Gasteiger partial charge in [-0.05, 0) is 36.2 Å². The van der Waals surface area contributed by atoms with Crippen molar-refractivity contribution in [3.8, 4) is 0 Å². The Bertz CT molecular complexity index is 988. The van der Waals surface area contributed by atoms with Crippen molar-refractivity contribution in [3.63, 3.8) is 0 Å². The first-order valence-electron chi connectivity index (χ1n) is 8.51. The molecular formula is C18H18Cl2FN3O3S. The first-order chi connectivity index (χ1) is 13.3. The first-order valence-corrected chi connectivity index (χ1v) is 10.7. The van der Waals surface area contributed by atoms with Crippen molar-refractivity contribution in [3.05, 3.63) is 63.9 Å². The van der Waals surface area contributed by atoms with E-state index in [0.29, 0.717) is 29.2 Å². The van der Waals surface area contributed by atoms with Crippen molar-refractivity contribution in [2.45, 2.75) is 13.0 Å². The lowest BCUT2D eigenvalue weighted by Gasteiger charge is -2.34. The summed E-state index contributed by atoms with van der Waals surface area (Å²) in [4.78, 5) is 12.3. The van der Waals surface area contributed by atoms with Gasteiger partial charge < -0.3 is 5.32 Å². The highest BCUT2D eigenvalue weighted by Crippen LogP contribution is 2.23. The number of hydrogen-bond acceptors (Lipinski definition) is 3. The topological polar surface area (TPSA) is 69.7 Å². The highest BCUT2D eigenvalue weighted by molar-refractivity contribution is 7.86. The number of nitrogens with zero attached hydrogens (tertiary/aromatic N) is 2. The number of nitrogens with one attached hydrogen (secondary N) is 1. The molecule has 2 aromatic rings. The van der Waals surface area contributed by atoms with Gasteiger partial charge in [0, 0.05) is 30.3 Å². The van der Waals surface area contributed by atoms with Crippen LogP contribution in [0.2, 0.25) is 10.0 Å². The van der Waals surface area contributed by atoms with Gasteiger partial charge in [-0.3, -0.25) is 4.79 Å². The van der Waals surface area contributed by atoms with Gasteiger partial charge in [-0.25, -0.2) is 4.39 Å². The molecule has 6 nitrogen and oxygen atoms in total. The molecule has 2 aromatic carbocycles. The molecule has 1 amide bonds. The molecule has 0 aliphatic carbocycles. The summed E-state index contributed by atoms with van der Waals surface area (Å²) in [6.45, 7) is 0.363. The Kier molecular flexibility index (Phi) is 6.57. The van der Waals surface area contributed by atoms with E-state index in [1.807, 2.05) is 0 Å². The molecular weight excluding hydrogens is 428 g/mol. The molecule has 0 bridgehead atoms. The smallest absolute Gasteiger partial charge is 0.282 e. The van der Waals surface area contributed by atoms with Crippen LogP contribution < -0.4 is 5.32 Å². The van der Waals surface area contributed by atoms with Crippen molar-refractivity contribution < 1.29 is 17.6 Å². The van der Waals surface area contributed by atoms with E-state index in [9.17, 15) is 17.6 Å². The summed E-state index contributed by atoms with van der Waals surface area (Å²) < 4.78 is 41.4. The number of rotatable bonds is 5. The van der Waals surface area contributed by atoms with Gasteiger partial charge in [-0.1, -0.05) is 41.4 Å². The van der Waals surface area contributed by atoms with Gasteiger partial charge in [-0.2, -0.15) is 17.0 Å². The van der Waals surface area contributed by atoms with Gasteiger partial charge in [0.2, 0.25) is 5.91 Å². The minimum atomic E-state index is -3.82. The second-order valence-electron chi connectivity index (χ2n) is 6.30. The zero-order valence-electron chi connectivity index (χ0n) is 14.7. The van der Waals surface area contributed by atoms with Crippen LogP contribution in [0, 0.1) is 5.82 Å². The summed E-state index contributed by atoms with van der Waals surface area (Å²) in [5, 5.41) is 2.89. The van der Waals surface area contributed by atoms with E-state index in [1.54, 1.807) is 24.3 Å². The van der Waals surface area contributed by atoms with Crippen LogP contribution in [0.1, 0.15) is 12.0 Å². The lowest BCUT2D eigenvalue weighted by atomic mass is 10.2. The fourth-order valence-electron chi connectivity index (χ4n) is 2.89. The fraction of sp³-hybridized carbons (Fsp3) is 0.278. The average Bonchev–Trinajstić information content (AvgIpc) is 2.63. The Labute approximate surface area is 173 Å². The zero-order valence-corrected chi connectivity index (χ0v) is 17.1. The van der Waals surface area contributed by atoms with E-state index < -0.39 is 21.9 Å². The number of halogens is 3. The first kappa shape index (κ1) is 21.0. The molecule has 1 aliphatic rings. The number of carbonyl (C=O) groups is 1. The van der Waals surface area contributed by atoms with Crippen LogP contribution in [0.3, 0.4) is 0 Å².